The first kappa shape index (κ1) is 23.3. The molecule has 1 N–H and O–H groups in total. The van der Waals surface area contributed by atoms with Gasteiger partial charge in [-0.1, -0.05) is 30.8 Å². The minimum absolute atomic E-state index is 0.131. The summed E-state index contributed by atoms with van der Waals surface area (Å²) in [6.07, 6.45) is 0.558. The number of methoxy groups -OCH3 is 1. The maximum absolute atomic E-state index is 13.4. The smallest absolute Gasteiger partial charge is 0.272 e. The molecule has 4 aromatic rings. The molecule has 0 fully saturated rings. The Morgan fingerprint density at radius 1 is 1.23 bits per heavy atom. The molecule has 2 aromatic carbocycles. The van der Waals surface area contributed by atoms with E-state index in [4.69, 9.17) is 19.2 Å². The van der Waals surface area contributed by atoms with Crippen molar-refractivity contribution in [2.75, 3.05) is 19.2 Å². The second kappa shape index (κ2) is 10.0. The average Bonchev–Trinajstić information content (AvgIpc) is 3.54. The molecule has 0 unspecified atom stereocenters. The molecule has 10 heteroatoms. The van der Waals surface area contributed by atoms with Crippen molar-refractivity contribution in [3.05, 3.63) is 69.8 Å². The lowest BCUT2D eigenvalue weighted by molar-refractivity contribution is -0.115. The van der Waals surface area contributed by atoms with Crippen LogP contribution in [0.4, 0.5) is 5.69 Å². The lowest BCUT2D eigenvalue weighted by atomic mass is 10.2. The number of rotatable bonds is 8. The fraction of sp³-hybridized carbons (Fsp3) is 0.240. The molecule has 35 heavy (non-hydrogen) atoms. The largest absolute Gasteiger partial charge is 0.497 e. The highest BCUT2D eigenvalue weighted by molar-refractivity contribution is 8.00. The van der Waals surface area contributed by atoms with E-state index < -0.39 is 5.25 Å². The quantitative estimate of drug-likeness (QED) is 0.271. The van der Waals surface area contributed by atoms with Crippen LogP contribution in [0.5, 0.6) is 17.2 Å². The van der Waals surface area contributed by atoms with Gasteiger partial charge in [0.2, 0.25) is 12.7 Å². The Labute approximate surface area is 209 Å². The van der Waals surface area contributed by atoms with Gasteiger partial charge in [-0.2, -0.15) is 0 Å². The van der Waals surface area contributed by atoms with E-state index in [1.165, 1.54) is 23.1 Å². The zero-order chi connectivity index (χ0) is 24.4. The van der Waals surface area contributed by atoms with Gasteiger partial charge in [-0.3, -0.25) is 14.2 Å². The van der Waals surface area contributed by atoms with E-state index in [9.17, 15) is 9.59 Å². The maximum atomic E-state index is 13.4. The summed E-state index contributed by atoms with van der Waals surface area (Å²) in [5.74, 6) is 1.83. The minimum atomic E-state index is -0.452. The third-order valence-electron chi connectivity index (χ3n) is 5.56. The van der Waals surface area contributed by atoms with Crippen molar-refractivity contribution in [1.82, 2.24) is 9.55 Å². The van der Waals surface area contributed by atoms with Crippen molar-refractivity contribution in [1.29, 1.82) is 0 Å². The average molecular weight is 510 g/mol. The van der Waals surface area contributed by atoms with E-state index in [1.807, 2.05) is 54.8 Å². The second-order valence-electron chi connectivity index (χ2n) is 7.84. The minimum Gasteiger partial charge on any atom is -0.497 e. The van der Waals surface area contributed by atoms with Gasteiger partial charge in [-0.05, 0) is 47.7 Å². The van der Waals surface area contributed by atoms with Crippen LogP contribution in [0.1, 0.15) is 18.9 Å². The number of amides is 1. The van der Waals surface area contributed by atoms with Gasteiger partial charge < -0.3 is 19.5 Å². The summed E-state index contributed by atoms with van der Waals surface area (Å²) < 4.78 is 18.3. The Hall–Kier alpha value is -3.50. The van der Waals surface area contributed by atoms with E-state index in [0.29, 0.717) is 51.3 Å². The predicted molar refractivity (Wildman–Crippen MR) is 137 cm³/mol. The number of benzene rings is 2. The molecule has 1 amide bonds. The molecule has 0 radical (unpaired) electrons. The molecule has 8 nitrogen and oxygen atoms in total. The van der Waals surface area contributed by atoms with Crippen LogP contribution in [-0.2, 0) is 11.3 Å². The summed E-state index contributed by atoms with van der Waals surface area (Å²) in [6.45, 7) is 2.42. The van der Waals surface area contributed by atoms with E-state index in [2.05, 4.69) is 5.32 Å². The first-order valence-corrected chi connectivity index (χ1v) is 12.8. The number of hydrogen-bond acceptors (Lipinski definition) is 8. The van der Waals surface area contributed by atoms with Crippen LogP contribution in [0.25, 0.3) is 10.2 Å². The zero-order valence-corrected chi connectivity index (χ0v) is 20.8. The van der Waals surface area contributed by atoms with E-state index in [1.54, 1.807) is 17.7 Å². The second-order valence-corrected chi connectivity index (χ2v) is 9.93. The normalized spacial score (nSPS) is 13.1. The highest BCUT2D eigenvalue weighted by Crippen LogP contribution is 2.33. The highest BCUT2D eigenvalue weighted by Gasteiger charge is 2.23. The first-order valence-electron chi connectivity index (χ1n) is 11.0. The molecular weight excluding hydrogens is 486 g/mol. The van der Waals surface area contributed by atoms with E-state index in [-0.39, 0.29) is 18.3 Å². The molecule has 2 aromatic heterocycles. The van der Waals surface area contributed by atoms with Gasteiger partial charge in [-0.25, -0.2) is 4.98 Å². The molecule has 1 aliphatic heterocycles. The Morgan fingerprint density at radius 2 is 2.09 bits per heavy atom. The summed E-state index contributed by atoms with van der Waals surface area (Å²) in [4.78, 5) is 31.3. The fourth-order valence-corrected chi connectivity index (χ4v) is 5.54. The standard InChI is InChI=1S/C25H23N3O5S2/c1-3-21(23(29)26-16-5-4-6-17(12-16)31-2)35-25-27-18-9-10-34-22(18)24(30)28(25)13-15-7-8-19-20(11-15)33-14-32-19/h4-12,21H,3,13-14H2,1-2H3,(H,26,29)/t21-/m0/s1. The molecule has 1 aliphatic rings. The molecule has 0 saturated heterocycles. The summed E-state index contributed by atoms with van der Waals surface area (Å²) in [7, 11) is 1.58. The fourth-order valence-electron chi connectivity index (χ4n) is 3.75. The summed E-state index contributed by atoms with van der Waals surface area (Å²) in [6, 6.07) is 14.6. The molecular formula is C25H23N3O5S2. The topological polar surface area (TPSA) is 91.7 Å². The lowest BCUT2D eigenvalue weighted by Crippen LogP contribution is -2.28. The monoisotopic (exact) mass is 509 g/mol. The Balaban J connectivity index is 1.45. The lowest BCUT2D eigenvalue weighted by Gasteiger charge is -2.18. The van der Waals surface area contributed by atoms with Crippen LogP contribution < -0.4 is 25.1 Å². The molecule has 0 aliphatic carbocycles. The molecule has 5 rings (SSSR count). The van der Waals surface area contributed by atoms with Gasteiger partial charge in [-0.15, -0.1) is 11.3 Å². The number of thioether (sulfide) groups is 1. The summed E-state index contributed by atoms with van der Waals surface area (Å²) in [5, 5.41) is 4.84. The van der Waals surface area contributed by atoms with Crippen LogP contribution in [0.15, 0.2) is 63.9 Å². The Bertz CT molecular complexity index is 1450. The van der Waals surface area contributed by atoms with Crippen molar-refractivity contribution in [2.24, 2.45) is 0 Å². The molecule has 180 valence electrons. The summed E-state index contributed by atoms with van der Waals surface area (Å²) >= 11 is 2.65. The molecule has 0 spiro atoms. The van der Waals surface area contributed by atoms with Gasteiger partial charge in [0.25, 0.3) is 5.56 Å². The number of carbonyl (C=O) groups excluding carboxylic acids is 1. The van der Waals surface area contributed by atoms with Gasteiger partial charge in [0, 0.05) is 11.8 Å². The Kier molecular flexibility index (Phi) is 6.65. The van der Waals surface area contributed by atoms with Crippen molar-refractivity contribution >= 4 is 44.9 Å². The number of carbonyl (C=O) groups is 1. The summed E-state index contributed by atoms with van der Waals surface area (Å²) in [5.41, 5.74) is 2.03. The number of hydrogen-bond donors (Lipinski definition) is 1. The van der Waals surface area contributed by atoms with Crippen LogP contribution in [0.2, 0.25) is 0 Å². The van der Waals surface area contributed by atoms with Crippen LogP contribution >= 0.6 is 23.1 Å². The first-order chi connectivity index (χ1) is 17.1. The number of thiophene rings is 1. The zero-order valence-electron chi connectivity index (χ0n) is 19.1. The van der Waals surface area contributed by atoms with Gasteiger partial charge >= 0.3 is 0 Å². The third-order valence-corrected chi connectivity index (χ3v) is 7.80. The number of nitrogens with one attached hydrogen (secondary N) is 1. The highest BCUT2D eigenvalue weighted by atomic mass is 32.2. The van der Waals surface area contributed by atoms with Crippen molar-refractivity contribution in [2.45, 2.75) is 30.3 Å². The van der Waals surface area contributed by atoms with Crippen molar-refractivity contribution < 1.29 is 19.0 Å². The molecule has 1 atom stereocenters. The van der Waals surface area contributed by atoms with E-state index >= 15 is 0 Å². The van der Waals surface area contributed by atoms with Crippen molar-refractivity contribution in [3.8, 4) is 17.2 Å². The molecule has 0 saturated carbocycles. The molecule has 0 bridgehead atoms. The third kappa shape index (κ3) is 4.85. The number of fused-ring (bicyclic) bond motifs is 2. The van der Waals surface area contributed by atoms with Crippen LogP contribution in [-0.4, -0.2) is 34.6 Å². The van der Waals surface area contributed by atoms with Gasteiger partial charge in [0.15, 0.2) is 16.7 Å². The maximum Gasteiger partial charge on any atom is 0.272 e. The predicted octanol–water partition coefficient (Wildman–Crippen LogP) is 4.75. The van der Waals surface area contributed by atoms with Gasteiger partial charge in [0.05, 0.1) is 24.4 Å². The SMILES string of the molecule is CC[C@H](Sc1nc2ccsc2c(=O)n1Cc1ccc2c(c1)OCO2)C(=O)Nc1cccc(OC)c1. The molecule has 3 heterocycles. The number of aromatic nitrogens is 2. The van der Waals surface area contributed by atoms with Gasteiger partial charge in [0.1, 0.15) is 10.4 Å². The number of ether oxygens (including phenoxy) is 3. The van der Waals surface area contributed by atoms with E-state index in [0.717, 1.165) is 5.56 Å². The van der Waals surface area contributed by atoms with Crippen LogP contribution in [0, 0.1) is 0 Å². The van der Waals surface area contributed by atoms with Crippen molar-refractivity contribution in [3.63, 3.8) is 0 Å². The number of anilines is 1. The Morgan fingerprint density at radius 3 is 2.91 bits per heavy atom. The van der Waals surface area contributed by atoms with Crippen LogP contribution in [0.3, 0.4) is 0 Å². The number of nitrogens with zero attached hydrogens (tertiary/aromatic N) is 2.